The Labute approximate surface area is 145 Å². The summed E-state index contributed by atoms with van der Waals surface area (Å²) in [5.74, 6) is -0.508. The van der Waals surface area contributed by atoms with Gasteiger partial charge in [-0.3, -0.25) is 0 Å². The fourth-order valence-corrected chi connectivity index (χ4v) is 2.82. The van der Waals surface area contributed by atoms with Gasteiger partial charge in [0.1, 0.15) is 11.6 Å². The number of hydrogen-bond acceptors (Lipinski definition) is 5. The van der Waals surface area contributed by atoms with Crippen LogP contribution in [0.4, 0.5) is 10.7 Å². The molecule has 2 heterocycles. The number of imidazole rings is 1. The predicted octanol–water partition coefficient (Wildman–Crippen LogP) is 2.07. The molecule has 1 fully saturated rings. The van der Waals surface area contributed by atoms with Gasteiger partial charge in [0.25, 0.3) is 0 Å². The van der Waals surface area contributed by atoms with Crippen LogP contribution < -0.4 is 4.90 Å². The lowest BCUT2D eigenvalue weighted by Crippen LogP contribution is -2.58. The normalized spacial score (nSPS) is 18.4. The van der Waals surface area contributed by atoms with Crippen molar-refractivity contribution in [2.24, 2.45) is 0 Å². The molecule has 0 aliphatic carbocycles. The monoisotopic (exact) mass is 346 g/mol. The number of aromatic amines is 1. The molecule has 1 amide bonds. The van der Waals surface area contributed by atoms with E-state index in [1.165, 1.54) is 4.90 Å². The smallest absolute Gasteiger partial charge is 0.410 e. The highest BCUT2D eigenvalue weighted by atomic mass is 16.6. The molecular weight excluding hydrogens is 324 g/mol. The van der Waals surface area contributed by atoms with Crippen molar-refractivity contribution in [3.8, 4) is 0 Å². The number of para-hydroxylation sites is 2. The maximum absolute atomic E-state index is 12.2. The lowest BCUT2D eigenvalue weighted by Gasteiger charge is -2.39. The number of aromatic nitrogens is 2. The number of nitrogens with one attached hydrogen (secondary N) is 1. The molecular formula is C17H22N4O4. The number of fused-ring (bicyclic) bond motifs is 1. The molecule has 1 aliphatic rings. The number of nitrogens with zero attached hydrogens (tertiary/aromatic N) is 3. The quantitative estimate of drug-likeness (QED) is 0.864. The van der Waals surface area contributed by atoms with Crippen LogP contribution in [0.5, 0.6) is 0 Å². The van der Waals surface area contributed by atoms with Gasteiger partial charge in [0.05, 0.1) is 17.6 Å². The molecule has 0 spiro atoms. The maximum Gasteiger partial charge on any atom is 0.410 e. The number of amides is 1. The number of carboxylic acids is 1. The van der Waals surface area contributed by atoms with Crippen LogP contribution in [0.15, 0.2) is 24.3 Å². The number of piperazine rings is 1. The molecule has 1 unspecified atom stereocenters. The van der Waals surface area contributed by atoms with Crippen molar-refractivity contribution in [1.82, 2.24) is 14.9 Å². The number of benzene rings is 1. The number of rotatable bonds is 2. The van der Waals surface area contributed by atoms with Crippen LogP contribution in [0.25, 0.3) is 11.0 Å². The molecule has 0 bridgehead atoms. The van der Waals surface area contributed by atoms with Gasteiger partial charge in [0.15, 0.2) is 0 Å². The van der Waals surface area contributed by atoms with E-state index in [-0.39, 0.29) is 6.54 Å². The Morgan fingerprint density at radius 3 is 2.64 bits per heavy atom. The van der Waals surface area contributed by atoms with Crippen LogP contribution in [-0.2, 0) is 9.53 Å². The van der Waals surface area contributed by atoms with Crippen molar-refractivity contribution in [1.29, 1.82) is 0 Å². The number of carbonyl (C=O) groups excluding carboxylic acids is 1. The summed E-state index contributed by atoms with van der Waals surface area (Å²) >= 11 is 0. The zero-order chi connectivity index (χ0) is 18.2. The number of hydrogen-bond donors (Lipinski definition) is 2. The topological polar surface area (TPSA) is 98.8 Å². The van der Waals surface area contributed by atoms with Gasteiger partial charge >= 0.3 is 12.1 Å². The predicted molar refractivity (Wildman–Crippen MR) is 92.7 cm³/mol. The number of carbonyl (C=O) groups is 2. The van der Waals surface area contributed by atoms with E-state index in [9.17, 15) is 14.7 Å². The van der Waals surface area contributed by atoms with E-state index in [2.05, 4.69) is 9.97 Å². The first-order chi connectivity index (χ1) is 11.7. The van der Waals surface area contributed by atoms with Crippen LogP contribution >= 0.6 is 0 Å². The molecule has 2 aromatic rings. The summed E-state index contributed by atoms with van der Waals surface area (Å²) in [6.45, 7) is 6.12. The van der Waals surface area contributed by atoms with E-state index in [1.807, 2.05) is 24.3 Å². The Bertz CT molecular complexity index is 762. The molecule has 134 valence electrons. The molecule has 0 saturated carbocycles. The summed E-state index contributed by atoms with van der Waals surface area (Å²) in [7, 11) is 0. The fourth-order valence-electron chi connectivity index (χ4n) is 2.82. The number of aliphatic carboxylic acids is 1. The average molecular weight is 346 g/mol. The second-order valence-corrected chi connectivity index (χ2v) is 7.05. The molecule has 1 aliphatic heterocycles. The zero-order valence-corrected chi connectivity index (χ0v) is 14.5. The first-order valence-corrected chi connectivity index (χ1v) is 8.17. The Morgan fingerprint density at radius 2 is 2.00 bits per heavy atom. The Morgan fingerprint density at radius 1 is 1.28 bits per heavy atom. The lowest BCUT2D eigenvalue weighted by atomic mass is 10.1. The molecule has 8 heteroatoms. The molecule has 1 aromatic heterocycles. The van der Waals surface area contributed by atoms with Crippen LogP contribution in [-0.4, -0.2) is 63.3 Å². The average Bonchev–Trinajstić information content (AvgIpc) is 2.96. The minimum absolute atomic E-state index is 0.0429. The van der Waals surface area contributed by atoms with Crippen LogP contribution in [0.2, 0.25) is 0 Å². The van der Waals surface area contributed by atoms with Crippen molar-refractivity contribution in [2.75, 3.05) is 24.5 Å². The minimum atomic E-state index is -1.01. The van der Waals surface area contributed by atoms with Gasteiger partial charge in [-0.05, 0) is 32.9 Å². The first-order valence-electron chi connectivity index (χ1n) is 8.17. The number of H-pyrrole nitrogens is 1. The fraction of sp³-hybridized carbons (Fsp3) is 0.471. The second-order valence-electron chi connectivity index (χ2n) is 7.05. The second kappa shape index (κ2) is 6.27. The minimum Gasteiger partial charge on any atom is -0.480 e. The number of carboxylic acid groups (broad SMARTS) is 1. The van der Waals surface area contributed by atoms with Gasteiger partial charge in [-0.15, -0.1) is 0 Å². The summed E-state index contributed by atoms with van der Waals surface area (Å²) < 4.78 is 5.35. The van der Waals surface area contributed by atoms with Crippen LogP contribution in [0.1, 0.15) is 20.8 Å². The summed E-state index contributed by atoms with van der Waals surface area (Å²) in [6, 6.07) is 6.63. The zero-order valence-electron chi connectivity index (χ0n) is 14.5. The van der Waals surface area contributed by atoms with E-state index in [0.717, 1.165) is 11.0 Å². The van der Waals surface area contributed by atoms with Crippen LogP contribution in [0, 0.1) is 0 Å². The third kappa shape index (κ3) is 3.67. The lowest BCUT2D eigenvalue weighted by molar-refractivity contribution is -0.139. The highest BCUT2D eigenvalue weighted by Crippen LogP contribution is 2.22. The number of anilines is 1. The van der Waals surface area contributed by atoms with E-state index in [0.29, 0.717) is 19.0 Å². The third-order valence-corrected chi connectivity index (χ3v) is 3.97. The molecule has 1 saturated heterocycles. The Kier molecular flexibility index (Phi) is 4.28. The van der Waals surface area contributed by atoms with E-state index in [4.69, 9.17) is 4.74 Å². The summed E-state index contributed by atoms with van der Waals surface area (Å²) in [5, 5.41) is 9.61. The van der Waals surface area contributed by atoms with Gasteiger partial charge in [0, 0.05) is 13.1 Å². The van der Waals surface area contributed by atoms with Gasteiger partial charge in [-0.2, -0.15) is 0 Å². The third-order valence-electron chi connectivity index (χ3n) is 3.97. The van der Waals surface area contributed by atoms with Gasteiger partial charge < -0.3 is 24.6 Å². The maximum atomic E-state index is 12.2. The molecule has 1 atom stereocenters. The van der Waals surface area contributed by atoms with Crippen molar-refractivity contribution < 1.29 is 19.4 Å². The van der Waals surface area contributed by atoms with Crippen molar-refractivity contribution in [3.05, 3.63) is 24.3 Å². The van der Waals surface area contributed by atoms with E-state index >= 15 is 0 Å². The molecule has 1 aromatic carbocycles. The summed E-state index contributed by atoms with van der Waals surface area (Å²) in [4.78, 5) is 34.7. The van der Waals surface area contributed by atoms with Gasteiger partial charge in [-0.25, -0.2) is 14.6 Å². The molecule has 25 heavy (non-hydrogen) atoms. The summed E-state index contributed by atoms with van der Waals surface area (Å²) in [5.41, 5.74) is 0.999. The first kappa shape index (κ1) is 17.1. The van der Waals surface area contributed by atoms with Crippen molar-refractivity contribution in [2.45, 2.75) is 32.4 Å². The molecule has 3 rings (SSSR count). The molecule has 2 N–H and O–H groups in total. The van der Waals surface area contributed by atoms with Gasteiger partial charge in [0.2, 0.25) is 5.95 Å². The summed E-state index contributed by atoms with van der Waals surface area (Å²) in [6.07, 6.45) is -0.497. The van der Waals surface area contributed by atoms with Crippen molar-refractivity contribution >= 4 is 29.0 Å². The Balaban J connectivity index is 1.80. The molecule has 0 radical (unpaired) electrons. The van der Waals surface area contributed by atoms with E-state index < -0.39 is 23.7 Å². The Hall–Kier alpha value is -2.77. The highest BCUT2D eigenvalue weighted by molar-refractivity contribution is 5.82. The SMILES string of the molecule is CC(C)(C)OC(=O)N1CCN(c2nc3ccccc3[nH]2)C(C(=O)O)C1. The van der Waals surface area contributed by atoms with E-state index in [1.54, 1.807) is 25.7 Å². The van der Waals surface area contributed by atoms with Gasteiger partial charge in [-0.1, -0.05) is 12.1 Å². The highest BCUT2D eigenvalue weighted by Gasteiger charge is 2.37. The van der Waals surface area contributed by atoms with Crippen LogP contribution in [0.3, 0.4) is 0 Å². The standard InChI is InChI=1S/C17H22N4O4/c1-17(2,3)25-16(24)20-8-9-21(13(10-20)14(22)23)15-18-11-6-4-5-7-12(11)19-15/h4-7,13H,8-10H2,1-3H3,(H,18,19)(H,22,23). The van der Waals surface area contributed by atoms with Crippen molar-refractivity contribution in [3.63, 3.8) is 0 Å². The largest absolute Gasteiger partial charge is 0.480 e. The number of ether oxygens (including phenoxy) is 1. The molecule has 8 nitrogen and oxygen atoms in total.